The van der Waals surface area contributed by atoms with Gasteiger partial charge in [0, 0.05) is 32.4 Å². The molecule has 0 bridgehead atoms. The van der Waals surface area contributed by atoms with Crippen LogP contribution in [0.15, 0.2) is 12.4 Å². The summed E-state index contributed by atoms with van der Waals surface area (Å²) in [7, 11) is 1.97. The van der Waals surface area contributed by atoms with Crippen molar-refractivity contribution in [2.75, 3.05) is 13.1 Å². The van der Waals surface area contributed by atoms with Crippen molar-refractivity contribution < 1.29 is 4.79 Å². The molecule has 5 heteroatoms. The molecule has 5 nitrogen and oxygen atoms in total. The lowest BCUT2D eigenvalue weighted by Gasteiger charge is -2.22. The minimum Gasteiger partial charge on any atom is -0.354 e. The standard InChI is InChI=1S/C12H20N4O/c1-16-9-8-14-11(16)5-7-15-12(17)10-4-2-3-6-13-10/h8-10,13H,2-7H2,1H3,(H,15,17)/t10-/m1/s1. The van der Waals surface area contributed by atoms with Gasteiger partial charge in [0.25, 0.3) is 0 Å². The van der Waals surface area contributed by atoms with Gasteiger partial charge in [-0.05, 0) is 19.4 Å². The predicted octanol–water partition coefficient (Wildman–Crippen LogP) is 0.221. The Bertz CT molecular complexity index is 368. The second kappa shape index (κ2) is 5.82. The number of rotatable bonds is 4. The van der Waals surface area contributed by atoms with E-state index in [9.17, 15) is 4.79 Å². The van der Waals surface area contributed by atoms with E-state index in [1.54, 1.807) is 6.20 Å². The Morgan fingerprint density at radius 2 is 2.53 bits per heavy atom. The molecule has 1 saturated heterocycles. The van der Waals surface area contributed by atoms with Gasteiger partial charge in [0.05, 0.1) is 6.04 Å². The number of carbonyl (C=O) groups is 1. The molecule has 2 N–H and O–H groups in total. The number of nitrogens with one attached hydrogen (secondary N) is 2. The predicted molar refractivity (Wildman–Crippen MR) is 65.6 cm³/mol. The van der Waals surface area contributed by atoms with E-state index in [1.165, 1.54) is 6.42 Å². The van der Waals surface area contributed by atoms with Crippen LogP contribution in [0.4, 0.5) is 0 Å². The zero-order chi connectivity index (χ0) is 12.1. The fraction of sp³-hybridized carbons (Fsp3) is 0.667. The topological polar surface area (TPSA) is 59.0 Å². The molecule has 1 aromatic heterocycles. The highest BCUT2D eigenvalue weighted by molar-refractivity contribution is 5.81. The summed E-state index contributed by atoms with van der Waals surface area (Å²) in [6.07, 6.45) is 7.75. The van der Waals surface area contributed by atoms with Gasteiger partial charge >= 0.3 is 0 Å². The van der Waals surface area contributed by atoms with Gasteiger partial charge < -0.3 is 15.2 Å². The first-order valence-corrected chi connectivity index (χ1v) is 6.24. The Kier molecular flexibility index (Phi) is 4.14. The van der Waals surface area contributed by atoms with E-state index in [0.29, 0.717) is 6.54 Å². The van der Waals surface area contributed by atoms with Crippen molar-refractivity contribution in [1.29, 1.82) is 0 Å². The summed E-state index contributed by atoms with van der Waals surface area (Å²) < 4.78 is 1.98. The van der Waals surface area contributed by atoms with E-state index < -0.39 is 0 Å². The molecule has 1 aromatic rings. The van der Waals surface area contributed by atoms with Gasteiger partial charge in [-0.15, -0.1) is 0 Å². The van der Waals surface area contributed by atoms with Crippen LogP contribution in [0.1, 0.15) is 25.1 Å². The van der Waals surface area contributed by atoms with Gasteiger partial charge in [0.2, 0.25) is 5.91 Å². The zero-order valence-electron chi connectivity index (χ0n) is 10.3. The van der Waals surface area contributed by atoms with Crippen molar-refractivity contribution in [3.05, 3.63) is 18.2 Å². The van der Waals surface area contributed by atoms with Crippen LogP contribution >= 0.6 is 0 Å². The second-order valence-electron chi connectivity index (χ2n) is 4.50. The molecular formula is C12H20N4O. The number of aryl methyl sites for hydroxylation is 1. The molecule has 94 valence electrons. The first kappa shape index (κ1) is 12.1. The molecule has 17 heavy (non-hydrogen) atoms. The lowest BCUT2D eigenvalue weighted by molar-refractivity contribution is -0.123. The van der Waals surface area contributed by atoms with Gasteiger partial charge in [0.15, 0.2) is 0 Å². The maximum absolute atomic E-state index is 11.8. The van der Waals surface area contributed by atoms with E-state index in [1.807, 2.05) is 17.8 Å². The molecule has 1 aliphatic heterocycles. The van der Waals surface area contributed by atoms with Crippen molar-refractivity contribution in [3.63, 3.8) is 0 Å². The Labute approximate surface area is 102 Å². The Morgan fingerprint density at radius 1 is 1.65 bits per heavy atom. The monoisotopic (exact) mass is 236 g/mol. The SMILES string of the molecule is Cn1ccnc1CCNC(=O)[C@H]1CCCCN1. The molecule has 0 saturated carbocycles. The van der Waals surface area contributed by atoms with Crippen LogP contribution in [-0.2, 0) is 18.3 Å². The van der Waals surface area contributed by atoms with E-state index in [-0.39, 0.29) is 11.9 Å². The molecule has 0 radical (unpaired) electrons. The highest BCUT2D eigenvalue weighted by Crippen LogP contribution is 2.06. The van der Waals surface area contributed by atoms with Crippen LogP contribution in [0, 0.1) is 0 Å². The lowest BCUT2D eigenvalue weighted by Crippen LogP contribution is -2.47. The smallest absolute Gasteiger partial charge is 0.237 e. The van der Waals surface area contributed by atoms with Crippen LogP contribution in [0.2, 0.25) is 0 Å². The van der Waals surface area contributed by atoms with E-state index in [2.05, 4.69) is 15.6 Å². The normalized spacial score (nSPS) is 20.2. The molecule has 0 spiro atoms. The summed E-state index contributed by atoms with van der Waals surface area (Å²) in [6, 6.07) is 0.00474. The van der Waals surface area contributed by atoms with Gasteiger partial charge in [0.1, 0.15) is 5.82 Å². The van der Waals surface area contributed by atoms with E-state index in [4.69, 9.17) is 0 Å². The third-order valence-corrected chi connectivity index (χ3v) is 3.20. The van der Waals surface area contributed by atoms with Gasteiger partial charge in [-0.3, -0.25) is 4.79 Å². The Balaban J connectivity index is 1.71. The average Bonchev–Trinajstić information content (AvgIpc) is 2.76. The Hall–Kier alpha value is -1.36. The Morgan fingerprint density at radius 3 is 3.18 bits per heavy atom. The van der Waals surface area contributed by atoms with Crippen molar-refractivity contribution >= 4 is 5.91 Å². The number of imidazole rings is 1. The second-order valence-corrected chi connectivity index (χ2v) is 4.50. The first-order valence-electron chi connectivity index (χ1n) is 6.24. The molecule has 1 amide bonds. The number of hydrogen-bond acceptors (Lipinski definition) is 3. The molecule has 1 fully saturated rings. The van der Waals surface area contributed by atoms with E-state index in [0.717, 1.165) is 31.6 Å². The number of amides is 1. The van der Waals surface area contributed by atoms with Crippen LogP contribution in [0.3, 0.4) is 0 Å². The minimum absolute atomic E-state index is 0.00474. The molecule has 0 aliphatic carbocycles. The summed E-state index contributed by atoms with van der Waals surface area (Å²) >= 11 is 0. The third kappa shape index (κ3) is 3.30. The van der Waals surface area contributed by atoms with E-state index >= 15 is 0 Å². The van der Waals surface area contributed by atoms with Crippen molar-refractivity contribution in [2.45, 2.75) is 31.7 Å². The maximum atomic E-state index is 11.8. The lowest BCUT2D eigenvalue weighted by atomic mass is 10.0. The van der Waals surface area contributed by atoms with Crippen LogP contribution in [-0.4, -0.2) is 34.6 Å². The number of hydrogen-bond donors (Lipinski definition) is 2. The van der Waals surface area contributed by atoms with Gasteiger partial charge in [-0.25, -0.2) is 4.98 Å². The van der Waals surface area contributed by atoms with Gasteiger partial charge in [-0.1, -0.05) is 6.42 Å². The first-order chi connectivity index (χ1) is 8.27. The van der Waals surface area contributed by atoms with Crippen LogP contribution in [0.25, 0.3) is 0 Å². The molecule has 0 aromatic carbocycles. The van der Waals surface area contributed by atoms with Crippen molar-refractivity contribution in [2.24, 2.45) is 7.05 Å². The third-order valence-electron chi connectivity index (χ3n) is 3.20. The molecule has 0 unspecified atom stereocenters. The summed E-state index contributed by atoms with van der Waals surface area (Å²) in [5.74, 6) is 1.13. The fourth-order valence-corrected chi connectivity index (χ4v) is 2.13. The molecule has 2 rings (SSSR count). The molecule has 1 atom stereocenters. The largest absolute Gasteiger partial charge is 0.354 e. The highest BCUT2D eigenvalue weighted by atomic mass is 16.2. The number of aromatic nitrogens is 2. The number of nitrogens with zero attached hydrogens (tertiary/aromatic N) is 2. The highest BCUT2D eigenvalue weighted by Gasteiger charge is 2.19. The number of carbonyl (C=O) groups excluding carboxylic acids is 1. The zero-order valence-corrected chi connectivity index (χ0v) is 10.3. The molecular weight excluding hydrogens is 216 g/mol. The van der Waals surface area contributed by atoms with Gasteiger partial charge in [-0.2, -0.15) is 0 Å². The van der Waals surface area contributed by atoms with Crippen LogP contribution in [0.5, 0.6) is 0 Å². The summed E-state index contributed by atoms with van der Waals surface area (Å²) in [5.41, 5.74) is 0. The molecule has 2 heterocycles. The quantitative estimate of drug-likeness (QED) is 0.786. The summed E-state index contributed by atoms with van der Waals surface area (Å²) in [5, 5.41) is 6.20. The van der Waals surface area contributed by atoms with Crippen LogP contribution < -0.4 is 10.6 Å². The summed E-state index contributed by atoms with van der Waals surface area (Å²) in [4.78, 5) is 16.0. The average molecular weight is 236 g/mol. The van der Waals surface area contributed by atoms with Crippen molar-refractivity contribution in [3.8, 4) is 0 Å². The minimum atomic E-state index is 0.00474. The molecule has 1 aliphatic rings. The van der Waals surface area contributed by atoms with Crippen molar-refractivity contribution in [1.82, 2.24) is 20.2 Å². The summed E-state index contributed by atoms with van der Waals surface area (Å²) in [6.45, 7) is 1.61. The fourth-order valence-electron chi connectivity index (χ4n) is 2.13. The maximum Gasteiger partial charge on any atom is 0.237 e. The number of piperidine rings is 1.